The molecule has 1 saturated heterocycles. The number of carbonyl (C=O) groups excluding carboxylic acids is 1. The molecule has 106 valence electrons. The second-order valence-corrected chi connectivity index (χ2v) is 5.60. The molecule has 1 amide bonds. The number of nitrogens with zero attached hydrogens (tertiary/aromatic N) is 1. The maximum Gasteiger partial charge on any atom is 0.222 e. The SMILES string of the molecule is CCCC(CCN)CCC(=O)N1CC(O)(CC)C1. The molecule has 0 radical (unpaired) electrons. The largest absolute Gasteiger partial charge is 0.386 e. The normalized spacial score (nSPS) is 19.4. The zero-order valence-corrected chi connectivity index (χ0v) is 11.8. The van der Waals surface area contributed by atoms with Crippen LogP contribution in [0.1, 0.15) is 52.4 Å². The van der Waals surface area contributed by atoms with Gasteiger partial charge in [-0.15, -0.1) is 0 Å². The number of aliphatic hydroxyl groups is 1. The number of amides is 1. The first-order chi connectivity index (χ1) is 8.54. The first kappa shape index (κ1) is 15.4. The monoisotopic (exact) mass is 256 g/mol. The highest BCUT2D eigenvalue weighted by Crippen LogP contribution is 2.26. The lowest BCUT2D eigenvalue weighted by molar-refractivity contribution is -0.156. The number of β-amino-alcohol motifs (C(OH)–C–C–N with tert-alkyl or cyclic N) is 1. The third-order valence-corrected chi connectivity index (χ3v) is 4.02. The molecule has 1 aliphatic rings. The average molecular weight is 256 g/mol. The van der Waals surface area contributed by atoms with Gasteiger partial charge >= 0.3 is 0 Å². The summed E-state index contributed by atoms with van der Waals surface area (Å²) in [6.07, 6.45) is 5.58. The van der Waals surface area contributed by atoms with E-state index in [9.17, 15) is 9.90 Å². The smallest absolute Gasteiger partial charge is 0.222 e. The predicted octanol–water partition coefficient (Wildman–Crippen LogP) is 1.51. The fourth-order valence-corrected chi connectivity index (χ4v) is 2.63. The van der Waals surface area contributed by atoms with E-state index in [1.807, 2.05) is 6.92 Å². The molecule has 1 aliphatic heterocycles. The van der Waals surface area contributed by atoms with Crippen LogP contribution >= 0.6 is 0 Å². The van der Waals surface area contributed by atoms with E-state index < -0.39 is 5.60 Å². The molecule has 4 heteroatoms. The molecule has 0 aromatic carbocycles. The Balaban J connectivity index is 2.24. The van der Waals surface area contributed by atoms with E-state index in [2.05, 4.69) is 6.92 Å². The first-order valence-electron chi connectivity index (χ1n) is 7.25. The van der Waals surface area contributed by atoms with E-state index in [1.165, 1.54) is 0 Å². The number of hydrogen-bond donors (Lipinski definition) is 2. The topological polar surface area (TPSA) is 66.6 Å². The van der Waals surface area contributed by atoms with Gasteiger partial charge in [-0.05, 0) is 31.7 Å². The van der Waals surface area contributed by atoms with Crippen LogP contribution in [0, 0.1) is 5.92 Å². The number of likely N-dealkylation sites (tertiary alicyclic amines) is 1. The highest BCUT2D eigenvalue weighted by molar-refractivity contribution is 5.77. The van der Waals surface area contributed by atoms with Crippen LogP contribution in [0.15, 0.2) is 0 Å². The van der Waals surface area contributed by atoms with E-state index in [-0.39, 0.29) is 5.91 Å². The van der Waals surface area contributed by atoms with Gasteiger partial charge in [-0.1, -0.05) is 26.7 Å². The van der Waals surface area contributed by atoms with Crippen LogP contribution in [-0.4, -0.2) is 41.1 Å². The first-order valence-corrected chi connectivity index (χ1v) is 7.25. The molecule has 4 nitrogen and oxygen atoms in total. The Hall–Kier alpha value is -0.610. The van der Waals surface area contributed by atoms with E-state index in [4.69, 9.17) is 5.73 Å². The maximum atomic E-state index is 11.9. The third-order valence-electron chi connectivity index (χ3n) is 4.02. The molecule has 18 heavy (non-hydrogen) atoms. The molecule has 0 aliphatic carbocycles. The Morgan fingerprint density at radius 3 is 2.50 bits per heavy atom. The number of nitrogens with two attached hydrogens (primary N) is 1. The summed E-state index contributed by atoms with van der Waals surface area (Å²) in [6.45, 7) is 5.86. The van der Waals surface area contributed by atoms with Crippen molar-refractivity contribution in [1.29, 1.82) is 0 Å². The molecule has 1 heterocycles. The number of rotatable bonds is 8. The van der Waals surface area contributed by atoms with Crippen molar-refractivity contribution in [2.24, 2.45) is 11.7 Å². The molecule has 1 rings (SSSR count). The highest BCUT2D eigenvalue weighted by Gasteiger charge is 2.41. The third kappa shape index (κ3) is 4.25. The van der Waals surface area contributed by atoms with Crippen LogP contribution in [0.25, 0.3) is 0 Å². The van der Waals surface area contributed by atoms with Crippen molar-refractivity contribution in [3.8, 4) is 0 Å². The molecule has 1 atom stereocenters. The summed E-state index contributed by atoms with van der Waals surface area (Å²) < 4.78 is 0. The molecule has 1 unspecified atom stereocenters. The molecule has 0 saturated carbocycles. The van der Waals surface area contributed by atoms with Gasteiger partial charge in [0.1, 0.15) is 0 Å². The Bertz CT molecular complexity index is 257. The second kappa shape index (κ2) is 7.10. The van der Waals surface area contributed by atoms with Gasteiger partial charge in [0.15, 0.2) is 0 Å². The van der Waals surface area contributed by atoms with Gasteiger partial charge < -0.3 is 15.7 Å². The summed E-state index contributed by atoms with van der Waals surface area (Å²) in [5, 5.41) is 9.87. The van der Waals surface area contributed by atoms with E-state index in [0.717, 1.165) is 32.1 Å². The Kier molecular flexibility index (Phi) is 6.09. The maximum absolute atomic E-state index is 11.9. The molecular weight excluding hydrogens is 228 g/mol. The lowest BCUT2D eigenvalue weighted by atomic mass is 9.89. The standard InChI is InChI=1S/C14H28N2O2/c1-3-5-12(8-9-15)6-7-13(17)16-10-14(18,4-2)11-16/h12,18H,3-11,15H2,1-2H3. The Morgan fingerprint density at radius 1 is 1.33 bits per heavy atom. The van der Waals surface area contributed by atoms with Crippen LogP contribution in [0.5, 0.6) is 0 Å². The summed E-state index contributed by atoms with van der Waals surface area (Å²) in [4.78, 5) is 13.7. The van der Waals surface area contributed by atoms with E-state index >= 15 is 0 Å². The van der Waals surface area contributed by atoms with Gasteiger partial charge in [-0.25, -0.2) is 0 Å². The summed E-state index contributed by atoms with van der Waals surface area (Å²) in [6, 6.07) is 0. The fraction of sp³-hybridized carbons (Fsp3) is 0.929. The molecule has 0 spiro atoms. The molecule has 0 aromatic rings. The summed E-state index contributed by atoms with van der Waals surface area (Å²) >= 11 is 0. The van der Waals surface area contributed by atoms with Crippen molar-refractivity contribution < 1.29 is 9.90 Å². The van der Waals surface area contributed by atoms with Gasteiger partial charge in [-0.2, -0.15) is 0 Å². The van der Waals surface area contributed by atoms with Crippen LogP contribution in [0.2, 0.25) is 0 Å². The number of hydrogen-bond acceptors (Lipinski definition) is 3. The minimum atomic E-state index is -0.615. The summed E-state index contributed by atoms with van der Waals surface area (Å²) in [5.74, 6) is 0.765. The van der Waals surface area contributed by atoms with Crippen LogP contribution in [-0.2, 0) is 4.79 Å². The summed E-state index contributed by atoms with van der Waals surface area (Å²) in [5.41, 5.74) is 4.97. The van der Waals surface area contributed by atoms with Gasteiger partial charge in [-0.3, -0.25) is 4.79 Å². The van der Waals surface area contributed by atoms with Gasteiger partial charge in [0.25, 0.3) is 0 Å². The number of carbonyl (C=O) groups is 1. The van der Waals surface area contributed by atoms with Crippen molar-refractivity contribution in [3.05, 3.63) is 0 Å². The Morgan fingerprint density at radius 2 is 2.00 bits per heavy atom. The lowest BCUT2D eigenvalue weighted by Gasteiger charge is -2.46. The van der Waals surface area contributed by atoms with Crippen LogP contribution in [0.3, 0.4) is 0 Å². The van der Waals surface area contributed by atoms with Gasteiger partial charge in [0, 0.05) is 6.42 Å². The quantitative estimate of drug-likeness (QED) is 0.692. The van der Waals surface area contributed by atoms with Crippen molar-refractivity contribution in [2.45, 2.75) is 58.0 Å². The molecule has 1 fully saturated rings. The van der Waals surface area contributed by atoms with Crippen molar-refractivity contribution >= 4 is 5.91 Å². The van der Waals surface area contributed by atoms with Crippen molar-refractivity contribution in [3.63, 3.8) is 0 Å². The molecule has 0 aromatic heterocycles. The van der Waals surface area contributed by atoms with Crippen LogP contribution < -0.4 is 5.73 Å². The fourth-order valence-electron chi connectivity index (χ4n) is 2.63. The zero-order chi connectivity index (χ0) is 13.6. The minimum Gasteiger partial charge on any atom is -0.386 e. The minimum absolute atomic E-state index is 0.186. The molecule has 3 N–H and O–H groups in total. The van der Waals surface area contributed by atoms with Gasteiger partial charge in [0.05, 0.1) is 18.7 Å². The Labute approximate surface area is 111 Å². The zero-order valence-electron chi connectivity index (χ0n) is 11.8. The van der Waals surface area contributed by atoms with Crippen LogP contribution in [0.4, 0.5) is 0 Å². The van der Waals surface area contributed by atoms with E-state index in [0.29, 0.717) is 32.0 Å². The van der Waals surface area contributed by atoms with Crippen molar-refractivity contribution in [2.75, 3.05) is 19.6 Å². The average Bonchev–Trinajstić information content (AvgIpc) is 2.32. The molecular formula is C14H28N2O2. The van der Waals surface area contributed by atoms with E-state index in [1.54, 1.807) is 4.90 Å². The van der Waals surface area contributed by atoms with Gasteiger partial charge in [0.2, 0.25) is 5.91 Å². The predicted molar refractivity (Wildman–Crippen MR) is 73.1 cm³/mol. The molecule has 0 bridgehead atoms. The lowest BCUT2D eigenvalue weighted by Crippen LogP contribution is -2.63. The van der Waals surface area contributed by atoms with Crippen molar-refractivity contribution in [1.82, 2.24) is 4.90 Å². The summed E-state index contributed by atoms with van der Waals surface area (Å²) in [7, 11) is 0. The second-order valence-electron chi connectivity index (χ2n) is 5.60. The highest BCUT2D eigenvalue weighted by atomic mass is 16.3.